The largest absolute Gasteiger partial charge is 0.378 e. The van der Waals surface area contributed by atoms with Crippen molar-refractivity contribution in [1.82, 2.24) is 0 Å². The van der Waals surface area contributed by atoms with Crippen molar-refractivity contribution < 1.29 is 4.74 Å². The van der Waals surface area contributed by atoms with Crippen LogP contribution in [0.3, 0.4) is 0 Å². The Morgan fingerprint density at radius 3 is 2.92 bits per heavy atom. The van der Waals surface area contributed by atoms with Crippen molar-refractivity contribution in [3.05, 3.63) is 0 Å². The predicted molar refractivity (Wildman–Crippen MR) is 55.8 cm³/mol. The normalized spacial score (nSPS) is 33.2. The Morgan fingerprint density at radius 2 is 2.33 bits per heavy atom. The third-order valence-corrected chi connectivity index (χ3v) is 3.42. The summed E-state index contributed by atoms with van der Waals surface area (Å²) < 4.78 is 5.68. The fourth-order valence-electron chi connectivity index (χ4n) is 1.85. The van der Waals surface area contributed by atoms with E-state index in [1.807, 2.05) is 0 Å². The number of ether oxygens (including phenoxy) is 1. The lowest BCUT2D eigenvalue weighted by atomic mass is 9.91. The molecule has 0 aromatic rings. The van der Waals surface area contributed by atoms with Gasteiger partial charge in [-0.25, -0.2) is 0 Å². The molecule has 1 heterocycles. The van der Waals surface area contributed by atoms with Crippen molar-refractivity contribution in [1.29, 1.82) is 0 Å². The van der Waals surface area contributed by atoms with Crippen molar-refractivity contribution in [2.45, 2.75) is 50.5 Å². The fraction of sp³-hybridized carbons (Fsp3) is 1.00. The van der Waals surface area contributed by atoms with Crippen LogP contribution in [0.25, 0.3) is 0 Å². The molecule has 1 saturated heterocycles. The van der Waals surface area contributed by atoms with Gasteiger partial charge in [-0.15, -0.1) is 0 Å². The van der Waals surface area contributed by atoms with Crippen molar-refractivity contribution in [2.75, 3.05) is 6.61 Å². The maximum absolute atomic E-state index is 5.68. The molecule has 1 nitrogen and oxygen atoms in total. The SMILES string of the molecule is CCCC1CC(C(C)Br)CCO1. The fourth-order valence-corrected chi connectivity index (χ4v) is 2.33. The first-order valence-corrected chi connectivity index (χ1v) is 5.91. The topological polar surface area (TPSA) is 9.23 Å². The van der Waals surface area contributed by atoms with Crippen LogP contribution in [0, 0.1) is 5.92 Å². The number of halogens is 1. The van der Waals surface area contributed by atoms with Crippen LogP contribution in [-0.4, -0.2) is 17.5 Å². The van der Waals surface area contributed by atoms with E-state index in [2.05, 4.69) is 29.8 Å². The van der Waals surface area contributed by atoms with Gasteiger partial charge in [-0.05, 0) is 25.2 Å². The zero-order valence-electron chi connectivity index (χ0n) is 8.05. The highest BCUT2D eigenvalue weighted by Gasteiger charge is 2.24. The molecule has 0 aromatic carbocycles. The van der Waals surface area contributed by atoms with E-state index in [1.54, 1.807) is 0 Å². The molecule has 1 aliphatic heterocycles. The van der Waals surface area contributed by atoms with Gasteiger partial charge in [0.1, 0.15) is 0 Å². The molecule has 1 fully saturated rings. The average molecular weight is 235 g/mol. The monoisotopic (exact) mass is 234 g/mol. The molecule has 3 unspecified atom stereocenters. The maximum Gasteiger partial charge on any atom is 0.0578 e. The average Bonchev–Trinajstić information content (AvgIpc) is 2.05. The lowest BCUT2D eigenvalue weighted by Gasteiger charge is -2.31. The van der Waals surface area contributed by atoms with E-state index < -0.39 is 0 Å². The summed E-state index contributed by atoms with van der Waals surface area (Å²) in [5, 5.41) is 0. The summed E-state index contributed by atoms with van der Waals surface area (Å²) in [5.74, 6) is 0.829. The van der Waals surface area contributed by atoms with E-state index in [9.17, 15) is 0 Å². The highest BCUT2D eigenvalue weighted by Crippen LogP contribution is 2.28. The standard InChI is InChI=1S/C10H19BrO/c1-3-4-10-7-9(8(2)11)5-6-12-10/h8-10H,3-7H2,1-2H3. The summed E-state index contributed by atoms with van der Waals surface area (Å²) in [5.41, 5.74) is 0. The molecule has 3 atom stereocenters. The van der Waals surface area contributed by atoms with E-state index in [0.29, 0.717) is 10.9 Å². The minimum absolute atomic E-state index is 0.536. The van der Waals surface area contributed by atoms with Gasteiger partial charge in [0.2, 0.25) is 0 Å². The maximum atomic E-state index is 5.68. The van der Waals surface area contributed by atoms with Crippen LogP contribution in [-0.2, 0) is 4.74 Å². The first-order chi connectivity index (χ1) is 5.74. The lowest BCUT2D eigenvalue weighted by molar-refractivity contribution is -0.0125. The van der Waals surface area contributed by atoms with E-state index in [-0.39, 0.29) is 0 Å². The molecule has 0 spiro atoms. The van der Waals surface area contributed by atoms with Crippen LogP contribution in [0.5, 0.6) is 0 Å². The number of rotatable bonds is 3. The molecule has 72 valence electrons. The van der Waals surface area contributed by atoms with Gasteiger partial charge in [-0.1, -0.05) is 36.2 Å². The van der Waals surface area contributed by atoms with Crippen molar-refractivity contribution in [3.8, 4) is 0 Å². The van der Waals surface area contributed by atoms with Gasteiger partial charge in [0, 0.05) is 11.4 Å². The summed E-state index contributed by atoms with van der Waals surface area (Å²) in [6.45, 7) is 5.44. The van der Waals surface area contributed by atoms with Crippen LogP contribution in [0.2, 0.25) is 0 Å². The Labute approximate surface area is 84.0 Å². The van der Waals surface area contributed by atoms with Gasteiger partial charge in [0.25, 0.3) is 0 Å². The third kappa shape index (κ3) is 3.06. The summed E-state index contributed by atoms with van der Waals surface area (Å²) >= 11 is 3.66. The zero-order chi connectivity index (χ0) is 8.97. The van der Waals surface area contributed by atoms with E-state index in [0.717, 1.165) is 12.5 Å². The van der Waals surface area contributed by atoms with E-state index in [4.69, 9.17) is 4.74 Å². The molecule has 2 heteroatoms. The highest BCUT2D eigenvalue weighted by molar-refractivity contribution is 9.09. The molecule has 12 heavy (non-hydrogen) atoms. The van der Waals surface area contributed by atoms with Crippen molar-refractivity contribution in [3.63, 3.8) is 0 Å². The quantitative estimate of drug-likeness (QED) is 0.681. The zero-order valence-corrected chi connectivity index (χ0v) is 9.64. The van der Waals surface area contributed by atoms with Crippen LogP contribution in [0.15, 0.2) is 0 Å². The Bertz CT molecular complexity index is 123. The van der Waals surface area contributed by atoms with Gasteiger partial charge < -0.3 is 4.74 Å². The molecule has 0 aromatic heterocycles. The number of hydrogen-bond donors (Lipinski definition) is 0. The molecule has 0 N–H and O–H groups in total. The first kappa shape index (κ1) is 10.5. The Hall–Kier alpha value is 0.440. The molecule has 1 rings (SSSR count). The molecule has 0 amide bonds. The van der Waals surface area contributed by atoms with Gasteiger partial charge in [-0.3, -0.25) is 0 Å². The van der Waals surface area contributed by atoms with Crippen molar-refractivity contribution in [2.24, 2.45) is 5.92 Å². The summed E-state index contributed by atoms with van der Waals surface area (Å²) in [6.07, 6.45) is 5.49. The highest BCUT2D eigenvalue weighted by atomic mass is 79.9. The van der Waals surface area contributed by atoms with E-state index >= 15 is 0 Å². The summed E-state index contributed by atoms with van der Waals surface area (Å²) in [4.78, 5) is 0.653. The number of hydrogen-bond acceptors (Lipinski definition) is 1. The smallest absolute Gasteiger partial charge is 0.0578 e. The Kier molecular flexibility index (Phi) is 4.59. The third-order valence-electron chi connectivity index (χ3n) is 2.67. The van der Waals surface area contributed by atoms with Crippen LogP contribution >= 0.6 is 15.9 Å². The second-order valence-electron chi connectivity index (χ2n) is 3.74. The van der Waals surface area contributed by atoms with Crippen LogP contribution < -0.4 is 0 Å². The second kappa shape index (κ2) is 5.23. The first-order valence-electron chi connectivity index (χ1n) is 4.99. The van der Waals surface area contributed by atoms with Gasteiger partial charge in [0.15, 0.2) is 0 Å². The molecule has 0 aliphatic carbocycles. The molecule has 0 saturated carbocycles. The van der Waals surface area contributed by atoms with Crippen LogP contribution in [0.1, 0.15) is 39.5 Å². The molecule has 0 radical (unpaired) electrons. The van der Waals surface area contributed by atoms with Crippen LogP contribution in [0.4, 0.5) is 0 Å². The van der Waals surface area contributed by atoms with Gasteiger partial charge >= 0.3 is 0 Å². The molecular formula is C10H19BrO. The Balaban J connectivity index is 2.30. The molecular weight excluding hydrogens is 216 g/mol. The number of alkyl halides is 1. The molecule has 0 bridgehead atoms. The lowest BCUT2D eigenvalue weighted by Crippen LogP contribution is -2.29. The molecule has 1 aliphatic rings. The summed E-state index contributed by atoms with van der Waals surface area (Å²) in [7, 11) is 0. The van der Waals surface area contributed by atoms with E-state index in [1.165, 1.54) is 25.7 Å². The summed E-state index contributed by atoms with van der Waals surface area (Å²) in [6, 6.07) is 0. The predicted octanol–water partition coefficient (Wildman–Crippen LogP) is 3.37. The van der Waals surface area contributed by atoms with Gasteiger partial charge in [-0.2, -0.15) is 0 Å². The minimum atomic E-state index is 0.536. The minimum Gasteiger partial charge on any atom is -0.378 e. The Morgan fingerprint density at radius 1 is 1.58 bits per heavy atom. The van der Waals surface area contributed by atoms with Crippen molar-refractivity contribution >= 4 is 15.9 Å². The van der Waals surface area contributed by atoms with Gasteiger partial charge in [0.05, 0.1) is 6.10 Å². The second-order valence-corrected chi connectivity index (χ2v) is 5.19.